The van der Waals surface area contributed by atoms with E-state index in [-0.39, 0.29) is 40.2 Å². The van der Waals surface area contributed by atoms with Gasteiger partial charge in [-0.15, -0.1) is 0 Å². The number of nitrogens with zero attached hydrogens (tertiary/aromatic N) is 1. The molecule has 0 spiro atoms. The number of hydrogen-bond donors (Lipinski definition) is 3. The quantitative estimate of drug-likeness (QED) is 0.573. The van der Waals surface area contributed by atoms with Crippen molar-refractivity contribution in [2.24, 2.45) is 16.6 Å². The summed E-state index contributed by atoms with van der Waals surface area (Å²) in [6, 6.07) is 1.13. The van der Waals surface area contributed by atoms with Crippen molar-refractivity contribution in [3.8, 4) is 0 Å². The molecule has 0 saturated heterocycles. The Balaban J connectivity index is 2.14. The summed E-state index contributed by atoms with van der Waals surface area (Å²) in [6.45, 7) is 8.02. The number of aromatic nitrogens is 1. The number of nitro groups is 1. The summed E-state index contributed by atoms with van der Waals surface area (Å²) in [7, 11) is 0. The molecule has 1 fully saturated rings. The molecule has 0 aliphatic heterocycles. The molecule has 7 heteroatoms. The second-order valence-electron chi connectivity index (χ2n) is 6.56. The predicted molar refractivity (Wildman–Crippen MR) is 74.2 cm³/mol. The maximum absolute atomic E-state index is 12.2. The first-order valence-electron chi connectivity index (χ1n) is 6.47. The Hall–Kier alpha value is -1.89. The molecule has 1 heterocycles. The Kier molecular flexibility index (Phi) is 3.13. The minimum absolute atomic E-state index is 0.0155. The molecule has 110 valence electrons. The van der Waals surface area contributed by atoms with Gasteiger partial charge in [-0.1, -0.05) is 27.7 Å². The van der Waals surface area contributed by atoms with Crippen LogP contribution >= 0.6 is 0 Å². The molecule has 0 unspecified atom stereocenters. The summed E-state index contributed by atoms with van der Waals surface area (Å²) in [6.07, 6.45) is 1.21. The van der Waals surface area contributed by atoms with Gasteiger partial charge in [-0.05, 0) is 0 Å². The van der Waals surface area contributed by atoms with Gasteiger partial charge >= 0.3 is 0 Å². The van der Waals surface area contributed by atoms with Gasteiger partial charge in [0.2, 0.25) is 0 Å². The molecule has 20 heavy (non-hydrogen) atoms. The molecule has 1 aromatic rings. The van der Waals surface area contributed by atoms with Gasteiger partial charge < -0.3 is 16.0 Å². The van der Waals surface area contributed by atoms with Gasteiger partial charge in [-0.25, -0.2) is 0 Å². The van der Waals surface area contributed by atoms with Crippen LogP contribution in [0.2, 0.25) is 0 Å². The first-order valence-corrected chi connectivity index (χ1v) is 6.47. The van der Waals surface area contributed by atoms with Crippen LogP contribution in [0.25, 0.3) is 0 Å². The number of rotatable bonds is 3. The zero-order chi connectivity index (χ0) is 15.3. The molecule has 7 nitrogen and oxygen atoms in total. The van der Waals surface area contributed by atoms with Crippen molar-refractivity contribution in [2.45, 2.75) is 39.8 Å². The van der Waals surface area contributed by atoms with E-state index < -0.39 is 4.92 Å². The smallest absolute Gasteiger partial charge is 0.287 e. The van der Waals surface area contributed by atoms with E-state index in [0.717, 1.165) is 0 Å². The van der Waals surface area contributed by atoms with Crippen LogP contribution in [-0.2, 0) is 0 Å². The third kappa shape index (κ3) is 1.98. The number of aromatic amines is 1. The summed E-state index contributed by atoms with van der Waals surface area (Å²) in [5, 5.41) is 13.5. The van der Waals surface area contributed by atoms with Crippen LogP contribution in [0.15, 0.2) is 12.3 Å². The van der Waals surface area contributed by atoms with Crippen molar-refractivity contribution in [1.82, 2.24) is 10.3 Å². The van der Waals surface area contributed by atoms with Gasteiger partial charge in [-0.3, -0.25) is 14.9 Å². The first kappa shape index (κ1) is 14.5. The van der Waals surface area contributed by atoms with E-state index in [1.165, 1.54) is 12.3 Å². The molecule has 1 saturated carbocycles. The summed E-state index contributed by atoms with van der Waals surface area (Å²) >= 11 is 0. The van der Waals surface area contributed by atoms with Gasteiger partial charge in [0.25, 0.3) is 11.6 Å². The molecule has 0 bridgehead atoms. The SMILES string of the molecule is CC1(C)C(N)C(C)(C)C1NC(=O)c1cc([N+](=O)[O-])c[nH]1. The van der Waals surface area contributed by atoms with Gasteiger partial charge in [0, 0.05) is 29.0 Å². The van der Waals surface area contributed by atoms with Crippen LogP contribution in [0.4, 0.5) is 5.69 Å². The second kappa shape index (κ2) is 4.31. The Labute approximate surface area is 117 Å². The van der Waals surface area contributed by atoms with Crippen molar-refractivity contribution in [2.75, 3.05) is 0 Å². The summed E-state index contributed by atoms with van der Waals surface area (Å²) in [5.74, 6) is -0.351. The molecule has 0 aromatic carbocycles. The number of carbonyl (C=O) groups is 1. The molecular formula is C13H20N4O3. The lowest BCUT2D eigenvalue weighted by molar-refractivity contribution is -0.384. The standard InChI is InChI=1S/C13H20N4O3/c1-12(2)10(14)13(3,4)11(12)16-9(18)8-5-7(6-15-8)17(19)20/h5-6,10-11,15H,14H2,1-4H3,(H,16,18). The predicted octanol–water partition coefficient (Wildman–Crippen LogP) is 1.41. The molecule has 1 amide bonds. The second-order valence-corrected chi connectivity index (χ2v) is 6.56. The Morgan fingerprint density at radius 1 is 1.40 bits per heavy atom. The third-order valence-electron chi connectivity index (χ3n) is 4.49. The molecule has 0 radical (unpaired) electrons. The molecule has 1 aliphatic rings. The van der Waals surface area contributed by atoms with Crippen LogP contribution in [0.1, 0.15) is 38.2 Å². The van der Waals surface area contributed by atoms with Crippen LogP contribution in [0, 0.1) is 20.9 Å². The fraction of sp³-hybridized carbons (Fsp3) is 0.615. The van der Waals surface area contributed by atoms with Gasteiger partial charge in [-0.2, -0.15) is 0 Å². The molecule has 1 aliphatic carbocycles. The Bertz CT molecular complexity index is 546. The zero-order valence-corrected chi connectivity index (χ0v) is 12.1. The van der Waals surface area contributed by atoms with Gasteiger partial charge in [0.05, 0.1) is 11.1 Å². The number of amides is 1. The van der Waals surface area contributed by atoms with Crippen molar-refractivity contribution >= 4 is 11.6 Å². The van der Waals surface area contributed by atoms with E-state index in [4.69, 9.17) is 5.73 Å². The number of H-pyrrole nitrogens is 1. The van der Waals surface area contributed by atoms with Crippen LogP contribution in [0.5, 0.6) is 0 Å². The van der Waals surface area contributed by atoms with E-state index in [2.05, 4.69) is 10.3 Å². The number of hydrogen-bond acceptors (Lipinski definition) is 4. The summed E-state index contributed by atoms with van der Waals surface area (Å²) in [5.41, 5.74) is 5.77. The fourth-order valence-electron chi connectivity index (χ4n) is 3.38. The van der Waals surface area contributed by atoms with Crippen molar-refractivity contribution in [1.29, 1.82) is 0 Å². The topological polar surface area (TPSA) is 114 Å². The van der Waals surface area contributed by atoms with Crippen LogP contribution in [0.3, 0.4) is 0 Å². The van der Waals surface area contributed by atoms with E-state index in [1.54, 1.807) is 0 Å². The average molecular weight is 280 g/mol. The van der Waals surface area contributed by atoms with Crippen molar-refractivity contribution in [3.05, 3.63) is 28.1 Å². The van der Waals surface area contributed by atoms with E-state index in [1.807, 2.05) is 27.7 Å². The van der Waals surface area contributed by atoms with Crippen molar-refractivity contribution in [3.63, 3.8) is 0 Å². The minimum atomic E-state index is -0.541. The molecular weight excluding hydrogens is 260 g/mol. The highest BCUT2D eigenvalue weighted by atomic mass is 16.6. The Morgan fingerprint density at radius 3 is 2.40 bits per heavy atom. The maximum Gasteiger partial charge on any atom is 0.287 e. The summed E-state index contributed by atoms with van der Waals surface area (Å²) < 4.78 is 0. The minimum Gasteiger partial charge on any atom is -0.351 e. The average Bonchev–Trinajstić information content (AvgIpc) is 2.84. The largest absolute Gasteiger partial charge is 0.351 e. The number of carbonyl (C=O) groups excluding carboxylic acids is 1. The number of nitrogens with two attached hydrogens (primary N) is 1. The highest BCUT2D eigenvalue weighted by Gasteiger charge is 2.60. The number of nitrogens with one attached hydrogen (secondary N) is 2. The Morgan fingerprint density at radius 2 is 1.95 bits per heavy atom. The lowest BCUT2D eigenvalue weighted by Gasteiger charge is -2.62. The molecule has 4 N–H and O–H groups in total. The van der Waals surface area contributed by atoms with E-state index >= 15 is 0 Å². The normalized spacial score (nSPS) is 26.6. The van der Waals surface area contributed by atoms with Crippen molar-refractivity contribution < 1.29 is 9.72 Å². The van der Waals surface area contributed by atoms with Crippen LogP contribution in [-0.4, -0.2) is 27.9 Å². The molecule has 2 rings (SSSR count). The third-order valence-corrected chi connectivity index (χ3v) is 4.49. The zero-order valence-electron chi connectivity index (χ0n) is 12.1. The molecule has 1 aromatic heterocycles. The van der Waals surface area contributed by atoms with E-state index in [0.29, 0.717) is 0 Å². The lowest BCUT2D eigenvalue weighted by Crippen LogP contribution is -2.76. The highest BCUT2D eigenvalue weighted by Crippen LogP contribution is 2.52. The van der Waals surface area contributed by atoms with Crippen LogP contribution < -0.4 is 11.1 Å². The van der Waals surface area contributed by atoms with E-state index in [9.17, 15) is 14.9 Å². The summed E-state index contributed by atoms with van der Waals surface area (Å²) in [4.78, 5) is 24.9. The van der Waals surface area contributed by atoms with Gasteiger partial charge in [0.15, 0.2) is 0 Å². The lowest BCUT2D eigenvalue weighted by atomic mass is 9.48. The highest BCUT2D eigenvalue weighted by molar-refractivity contribution is 5.93. The first-order chi connectivity index (χ1) is 9.08. The van der Waals surface area contributed by atoms with Gasteiger partial charge in [0.1, 0.15) is 5.69 Å². The molecule has 0 atom stereocenters. The maximum atomic E-state index is 12.2. The monoisotopic (exact) mass is 280 g/mol. The fourth-order valence-corrected chi connectivity index (χ4v) is 3.38.